The Labute approximate surface area is 116 Å². The third-order valence-corrected chi connectivity index (χ3v) is 3.31. The topological polar surface area (TPSA) is 92.5 Å². The highest BCUT2D eigenvalue weighted by atomic mass is 16.2. The lowest BCUT2D eigenvalue weighted by Gasteiger charge is -2.28. The summed E-state index contributed by atoms with van der Waals surface area (Å²) < 4.78 is 0. The van der Waals surface area contributed by atoms with Crippen molar-refractivity contribution >= 4 is 17.7 Å². The molecule has 3 amide bonds. The van der Waals surface area contributed by atoms with Gasteiger partial charge >= 0.3 is 0 Å². The number of nitrogen functional groups attached to an aromatic ring is 1. The lowest BCUT2D eigenvalue weighted by molar-refractivity contribution is -0.150. The number of amides is 3. The molecule has 1 aromatic carbocycles. The molecule has 3 N–H and O–H groups in total. The van der Waals surface area contributed by atoms with Gasteiger partial charge in [0.15, 0.2) is 0 Å². The lowest BCUT2D eigenvalue weighted by atomic mass is 9.97. The molecule has 106 valence electrons. The van der Waals surface area contributed by atoms with Crippen LogP contribution in [0.3, 0.4) is 0 Å². The van der Waals surface area contributed by atoms with Crippen LogP contribution in [0.2, 0.25) is 0 Å². The normalized spacial score (nSPS) is 16.4. The van der Waals surface area contributed by atoms with Crippen LogP contribution in [0.25, 0.3) is 0 Å². The summed E-state index contributed by atoms with van der Waals surface area (Å²) in [5, 5.41) is 0. The number of carbonyl (C=O) groups excluding carboxylic acids is 3. The highest BCUT2D eigenvalue weighted by Gasteiger charge is 2.30. The smallest absolute Gasteiger partial charge is 0.265 e. The number of nitrogens with zero attached hydrogens (tertiary/aromatic N) is 1. The molecule has 20 heavy (non-hydrogen) atoms. The predicted octanol–water partition coefficient (Wildman–Crippen LogP) is 0.575. The number of benzene rings is 1. The number of carbonyl (C=O) groups is 3. The molecule has 0 atom stereocenters. The Hall–Kier alpha value is -2.21. The van der Waals surface area contributed by atoms with Crippen molar-refractivity contribution in [1.82, 2.24) is 10.3 Å². The molecular formula is C14H17N3O3. The molecule has 6 nitrogen and oxygen atoms in total. The van der Waals surface area contributed by atoms with Crippen LogP contribution in [0, 0.1) is 5.92 Å². The number of imide groups is 1. The van der Waals surface area contributed by atoms with Gasteiger partial charge in [-0.25, -0.2) is 5.84 Å². The van der Waals surface area contributed by atoms with Gasteiger partial charge < -0.3 is 0 Å². The first kappa shape index (κ1) is 14.2. The van der Waals surface area contributed by atoms with Crippen molar-refractivity contribution in [3.8, 4) is 0 Å². The molecule has 0 spiro atoms. The van der Waals surface area contributed by atoms with Gasteiger partial charge in [-0.15, -0.1) is 0 Å². The summed E-state index contributed by atoms with van der Waals surface area (Å²) in [6.07, 6.45) is 0.767. The number of hydrazine groups is 1. The second-order valence-electron chi connectivity index (χ2n) is 5.06. The van der Waals surface area contributed by atoms with Gasteiger partial charge in [-0.05, 0) is 23.6 Å². The average molecular weight is 275 g/mol. The average Bonchev–Trinajstić information content (AvgIpc) is 2.42. The Kier molecular flexibility index (Phi) is 4.14. The van der Waals surface area contributed by atoms with E-state index >= 15 is 0 Å². The van der Waals surface area contributed by atoms with Crippen LogP contribution in [-0.2, 0) is 16.1 Å². The summed E-state index contributed by atoms with van der Waals surface area (Å²) in [7, 11) is 0. The number of hydrogen-bond donors (Lipinski definition) is 2. The summed E-state index contributed by atoms with van der Waals surface area (Å²) in [5.41, 5.74) is 3.17. The zero-order valence-electron chi connectivity index (χ0n) is 11.3. The number of nitrogens with one attached hydrogen (secondary N) is 1. The van der Waals surface area contributed by atoms with E-state index in [4.69, 9.17) is 5.84 Å². The maximum atomic E-state index is 11.9. The van der Waals surface area contributed by atoms with Crippen molar-refractivity contribution in [1.29, 1.82) is 0 Å². The van der Waals surface area contributed by atoms with E-state index in [0.29, 0.717) is 18.4 Å². The molecule has 1 aliphatic heterocycles. The highest BCUT2D eigenvalue weighted by molar-refractivity contribution is 5.98. The fraction of sp³-hybridized carbons (Fsp3) is 0.357. The lowest BCUT2D eigenvalue weighted by Crippen LogP contribution is -2.42. The van der Waals surface area contributed by atoms with Gasteiger partial charge in [0.2, 0.25) is 11.8 Å². The number of nitrogens with two attached hydrogens (primary N) is 1. The Morgan fingerprint density at radius 2 is 2.00 bits per heavy atom. The van der Waals surface area contributed by atoms with Crippen molar-refractivity contribution in [3.05, 3.63) is 35.4 Å². The summed E-state index contributed by atoms with van der Waals surface area (Å²) in [6.45, 7) is 2.08. The van der Waals surface area contributed by atoms with Crippen molar-refractivity contribution in [2.75, 3.05) is 0 Å². The van der Waals surface area contributed by atoms with Crippen molar-refractivity contribution < 1.29 is 14.4 Å². The summed E-state index contributed by atoms with van der Waals surface area (Å²) in [4.78, 5) is 36.5. The molecule has 0 unspecified atom stereocenters. The summed E-state index contributed by atoms with van der Waals surface area (Å²) >= 11 is 0. The Morgan fingerprint density at radius 3 is 2.60 bits per heavy atom. The fourth-order valence-electron chi connectivity index (χ4n) is 2.28. The minimum Gasteiger partial charge on any atom is -0.290 e. The van der Waals surface area contributed by atoms with Gasteiger partial charge in [-0.2, -0.15) is 0 Å². The predicted molar refractivity (Wildman–Crippen MR) is 72.1 cm³/mol. The molecule has 1 heterocycles. The van der Waals surface area contributed by atoms with Crippen LogP contribution in [0.5, 0.6) is 0 Å². The van der Waals surface area contributed by atoms with Crippen LogP contribution in [-0.4, -0.2) is 22.6 Å². The molecule has 1 fully saturated rings. The Bertz CT molecular complexity index is 538. The van der Waals surface area contributed by atoms with Crippen LogP contribution in [0.1, 0.15) is 35.7 Å². The number of rotatable bonds is 3. The summed E-state index contributed by atoms with van der Waals surface area (Å²) in [6, 6.07) is 6.71. The van der Waals surface area contributed by atoms with Gasteiger partial charge in [0.05, 0.1) is 6.54 Å². The van der Waals surface area contributed by atoms with Crippen molar-refractivity contribution in [3.63, 3.8) is 0 Å². The molecular weight excluding hydrogens is 258 g/mol. The zero-order valence-corrected chi connectivity index (χ0v) is 11.3. The van der Waals surface area contributed by atoms with Gasteiger partial charge in [0.1, 0.15) is 0 Å². The highest BCUT2D eigenvalue weighted by Crippen LogP contribution is 2.21. The molecule has 1 aromatic rings. The molecule has 2 rings (SSSR count). The largest absolute Gasteiger partial charge is 0.290 e. The standard InChI is InChI=1S/C14H17N3O3/c1-9-5-12(18)17(13(19)6-9)8-10-3-2-4-11(7-10)14(20)16-15/h2-4,7,9H,5-6,8,15H2,1H3,(H,16,20). The third kappa shape index (κ3) is 3.03. The molecule has 6 heteroatoms. The second kappa shape index (κ2) is 5.83. The summed E-state index contributed by atoms with van der Waals surface area (Å²) in [5.74, 6) is 4.44. The second-order valence-corrected chi connectivity index (χ2v) is 5.06. The van der Waals surface area contributed by atoms with Gasteiger partial charge in [-0.1, -0.05) is 19.1 Å². The van der Waals surface area contributed by atoms with E-state index in [1.807, 2.05) is 12.3 Å². The van der Waals surface area contributed by atoms with Crippen LogP contribution in [0.15, 0.2) is 24.3 Å². The van der Waals surface area contributed by atoms with Crippen molar-refractivity contribution in [2.24, 2.45) is 11.8 Å². The van der Waals surface area contributed by atoms with E-state index in [1.165, 1.54) is 4.90 Å². The quantitative estimate of drug-likeness (QED) is 0.365. The minimum absolute atomic E-state index is 0.0978. The SMILES string of the molecule is CC1CC(=O)N(Cc2cccc(C(=O)NN)c2)C(=O)C1. The molecule has 0 saturated carbocycles. The van der Waals surface area contributed by atoms with E-state index in [-0.39, 0.29) is 24.3 Å². The van der Waals surface area contributed by atoms with Crippen LogP contribution >= 0.6 is 0 Å². The van der Waals surface area contributed by atoms with Gasteiger partial charge in [0, 0.05) is 18.4 Å². The molecule has 0 aliphatic carbocycles. The molecule has 1 saturated heterocycles. The van der Waals surface area contributed by atoms with E-state index in [1.54, 1.807) is 24.3 Å². The van der Waals surface area contributed by atoms with Gasteiger partial charge in [-0.3, -0.25) is 24.7 Å². The number of hydrogen-bond acceptors (Lipinski definition) is 4. The maximum Gasteiger partial charge on any atom is 0.265 e. The first-order valence-corrected chi connectivity index (χ1v) is 6.44. The van der Waals surface area contributed by atoms with Crippen molar-refractivity contribution in [2.45, 2.75) is 26.3 Å². The molecule has 0 aromatic heterocycles. The van der Waals surface area contributed by atoms with Crippen LogP contribution < -0.4 is 11.3 Å². The molecule has 0 bridgehead atoms. The maximum absolute atomic E-state index is 11.9. The van der Waals surface area contributed by atoms with Gasteiger partial charge in [0.25, 0.3) is 5.91 Å². The van der Waals surface area contributed by atoms with E-state index in [9.17, 15) is 14.4 Å². The zero-order chi connectivity index (χ0) is 14.7. The van der Waals surface area contributed by atoms with E-state index in [0.717, 1.165) is 5.56 Å². The van der Waals surface area contributed by atoms with E-state index < -0.39 is 5.91 Å². The Balaban J connectivity index is 2.15. The first-order chi connectivity index (χ1) is 9.51. The van der Waals surface area contributed by atoms with E-state index in [2.05, 4.69) is 0 Å². The third-order valence-electron chi connectivity index (χ3n) is 3.31. The Morgan fingerprint density at radius 1 is 1.35 bits per heavy atom. The van der Waals surface area contributed by atoms with Crippen LogP contribution in [0.4, 0.5) is 0 Å². The molecule has 0 radical (unpaired) electrons. The number of likely N-dealkylation sites (tertiary alicyclic amines) is 1. The monoisotopic (exact) mass is 275 g/mol. The number of piperidine rings is 1. The minimum atomic E-state index is -0.406. The molecule has 1 aliphatic rings. The first-order valence-electron chi connectivity index (χ1n) is 6.44. The fourth-order valence-corrected chi connectivity index (χ4v) is 2.28.